The molecule has 1 nitrogen and oxygen atoms in total. The highest BCUT2D eigenvalue weighted by molar-refractivity contribution is 8.02. The van der Waals surface area contributed by atoms with Crippen molar-refractivity contribution in [3.05, 3.63) is 0 Å². The van der Waals surface area contributed by atoms with Gasteiger partial charge in [-0.2, -0.15) is 47.0 Å². The maximum absolute atomic E-state index is 3.53. The lowest BCUT2D eigenvalue weighted by Gasteiger charge is -2.54. The minimum absolute atomic E-state index is 0.903. The monoisotopic (exact) mass is 793 g/mol. The van der Waals surface area contributed by atoms with Crippen LogP contribution < -0.4 is 0 Å². The lowest BCUT2D eigenvalue weighted by atomic mass is 9.64. The fourth-order valence-electron chi connectivity index (χ4n) is 18.0. The van der Waals surface area contributed by atoms with Crippen LogP contribution in [0.25, 0.3) is 0 Å². The molecule has 0 radical (unpaired) electrons. The Labute approximate surface area is 342 Å². The van der Waals surface area contributed by atoms with E-state index in [2.05, 4.69) is 51.9 Å². The molecule has 19 unspecified atom stereocenters. The van der Waals surface area contributed by atoms with E-state index in [4.69, 9.17) is 0 Å². The normalized spacial score (nSPS) is 57.3. The van der Waals surface area contributed by atoms with Crippen molar-refractivity contribution in [1.29, 1.82) is 0 Å². The molecule has 12 rings (SSSR count). The molecule has 12 aliphatic rings. The van der Waals surface area contributed by atoms with Gasteiger partial charge in [0.15, 0.2) is 0 Å². The summed E-state index contributed by atoms with van der Waals surface area (Å²) in [5.74, 6) is 10.8. The summed E-state index contributed by atoms with van der Waals surface area (Å²) in [5.41, 5.74) is 0. The second kappa shape index (κ2) is 15.1. The summed E-state index contributed by atoms with van der Waals surface area (Å²) in [6.45, 7) is 0. The summed E-state index contributed by atoms with van der Waals surface area (Å²) >= 11 is 10.4. The van der Waals surface area contributed by atoms with Gasteiger partial charge >= 0.3 is 0 Å². The van der Waals surface area contributed by atoms with Crippen molar-refractivity contribution in [2.75, 3.05) is 0 Å². The molecule has 0 amide bonds. The summed E-state index contributed by atoms with van der Waals surface area (Å²) in [7, 11) is 0. The lowest BCUT2D eigenvalue weighted by molar-refractivity contribution is -0.00902. The van der Waals surface area contributed by atoms with E-state index < -0.39 is 0 Å². The maximum Gasteiger partial charge on any atom is 0.0237 e. The van der Waals surface area contributed by atoms with Crippen LogP contribution in [-0.4, -0.2) is 65.0 Å². The van der Waals surface area contributed by atoms with E-state index in [1.165, 1.54) is 19.3 Å². The van der Waals surface area contributed by atoms with E-state index in [1.807, 2.05) is 0 Å². The van der Waals surface area contributed by atoms with Gasteiger partial charge in [-0.15, -0.1) is 0 Å². The van der Waals surface area contributed by atoms with E-state index in [1.54, 1.807) is 154 Å². The summed E-state index contributed by atoms with van der Waals surface area (Å²) in [5, 5.41) is 8.15. The van der Waals surface area contributed by atoms with E-state index in [9.17, 15) is 0 Å². The number of thioether (sulfide) groups is 4. The Bertz CT molecular complexity index is 1300. The third-order valence-electron chi connectivity index (χ3n) is 19.9. The molecule has 0 N–H and O–H groups in total. The second-order valence-electron chi connectivity index (χ2n) is 21.8. The van der Waals surface area contributed by atoms with E-state index in [0.29, 0.717) is 0 Å². The summed E-state index contributed by atoms with van der Waals surface area (Å²) in [4.78, 5) is 3.53. The largest absolute Gasteiger partial charge is 0.292 e. The van der Waals surface area contributed by atoms with Crippen LogP contribution in [0.4, 0.5) is 0 Å². The van der Waals surface area contributed by atoms with Gasteiger partial charge in [0.1, 0.15) is 0 Å². The molecule has 8 saturated carbocycles. The Morgan fingerprint density at radius 1 is 0.283 bits per heavy atom. The van der Waals surface area contributed by atoms with Gasteiger partial charge in [-0.25, -0.2) is 0 Å². The molecule has 19 atom stereocenters. The topological polar surface area (TPSA) is 3.24 Å². The average Bonchev–Trinajstić information content (AvgIpc) is 3.98. The van der Waals surface area contributed by atoms with Crippen molar-refractivity contribution in [3.63, 3.8) is 0 Å². The molecule has 0 aromatic carbocycles. The zero-order valence-corrected chi connectivity index (χ0v) is 36.6. The Balaban J connectivity index is 0.824. The minimum Gasteiger partial charge on any atom is -0.292 e. The zero-order chi connectivity index (χ0) is 34.6. The first-order chi connectivity index (χ1) is 26.3. The first-order valence-electron chi connectivity index (χ1n) is 24.7. The molecule has 12 fully saturated rings. The maximum atomic E-state index is 3.53. The van der Waals surface area contributed by atoms with Gasteiger partial charge < -0.3 is 0 Å². The number of hydrogen-bond donors (Lipinski definition) is 0. The summed E-state index contributed by atoms with van der Waals surface area (Å²) < 4.78 is 0. The van der Waals surface area contributed by atoms with Crippen LogP contribution in [0.5, 0.6) is 0 Å². The van der Waals surface area contributed by atoms with Crippen LogP contribution in [0.15, 0.2) is 0 Å². The molecule has 0 bridgehead atoms. The lowest BCUT2D eigenvalue weighted by Crippen LogP contribution is -2.60. The standard InChI is InChI=1S/C48H75NS4/c1-4-19-40-31(10-1)33-14-7-13-30(45(33)51-40)28-22-24-29(25-23-28)49(38-17-8-15-34-32-11-2-5-20-41(32)52-46(34)38)39-18-9-16-35-36-26-27-43-44(48(36)53-47(35)39)37-12-3-6-21-42(37)50-43/h28-48H,1-27H2. The predicted molar refractivity (Wildman–Crippen MR) is 233 cm³/mol. The van der Waals surface area contributed by atoms with Gasteiger partial charge in [0.05, 0.1) is 0 Å². The van der Waals surface area contributed by atoms with Crippen molar-refractivity contribution in [2.24, 2.45) is 59.2 Å². The molecule has 8 aliphatic carbocycles. The third-order valence-corrected chi connectivity index (χ3v) is 27.5. The number of hydrogen-bond acceptors (Lipinski definition) is 5. The van der Waals surface area contributed by atoms with Crippen LogP contribution in [0.2, 0.25) is 0 Å². The molecular formula is C48H75NS4. The smallest absolute Gasteiger partial charge is 0.0237 e. The average molecular weight is 794 g/mol. The Morgan fingerprint density at radius 3 is 1.47 bits per heavy atom. The Hall–Kier alpha value is 1.36. The molecule has 296 valence electrons. The van der Waals surface area contributed by atoms with Gasteiger partial charge in [-0.3, -0.25) is 4.90 Å². The van der Waals surface area contributed by atoms with Crippen molar-refractivity contribution in [1.82, 2.24) is 4.90 Å². The van der Waals surface area contributed by atoms with Gasteiger partial charge in [-0.05, 0) is 175 Å². The fraction of sp³-hybridized carbons (Fsp3) is 1.00. The quantitative estimate of drug-likeness (QED) is 0.278. The van der Waals surface area contributed by atoms with Gasteiger partial charge in [0, 0.05) is 60.1 Å². The SMILES string of the molecule is C1CCC2C(C1)SC1C(C3CCC(N(C4CCCC5C6CCCCC6SC54)C4CCCC5C6CCC7SC8CCCCC8C7C6SC54)CC3)CCCC21. The Morgan fingerprint density at radius 2 is 0.774 bits per heavy atom. The molecule has 5 heteroatoms. The molecular weight excluding hydrogens is 719 g/mol. The van der Waals surface area contributed by atoms with Gasteiger partial charge in [0.25, 0.3) is 0 Å². The van der Waals surface area contributed by atoms with Gasteiger partial charge in [-0.1, -0.05) is 57.8 Å². The van der Waals surface area contributed by atoms with E-state index in [-0.39, 0.29) is 0 Å². The fourth-order valence-corrected chi connectivity index (χ4v) is 27.2. The molecule has 0 aromatic rings. The summed E-state index contributed by atoms with van der Waals surface area (Å²) in [6.07, 6.45) is 42.3. The van der Waals surface area contributed by atoms with E-state index in [0.717, 1.165) is 119 Å². The first kappa shape index (κ1) is 36.2. The molecule has 0 aromatic heterocycles. The molecule has 4 saturated heterocycles. The van der Waals surface area contributed by atoms with Crippen LogP contribution in [0.3, 0.4) is 0 Å². The zero-order valence-electron chi connectivity index (χ0n) is 33.3. The highest BCUT2D eigenvalue weighted by Gasteiger charge is 2.61. The number of nitrogens with zero attached hydrogens (tertiary/aromatic N) is 1. The molecule has 0 spiro atoms. The molecule has 4 aliphatic heterocycles. The number of rotatable bonds is 4. The van der Waals surface area contributed by atoms with Crippen LogP contribution in [-0.2, 0) is 0 Å². The van der Waals surface area contributed by atoms with Crippen molar-refractivity contribution < 1.29 is 0 Å². The predicted octanol–water partition coefficient (Wildman–Crippen LogP) is 13.1. The van der Waals surface area contributed by atoms with Crippen LogP contribution >= 0.6 is 47.0 Å². The minimum atomic E-state index is 0.903. The summed E-state index contributed by atoms with van der Waals surface area (Å²) in [6, 6.07) is 2.71. The third kappa shape index (κ3) is 6.14. The second-order valence-corrected chi connectivity index (χ2v) is 27.5. The first-order valence-corrected chi connectivity index (χ1v) is 28.4. The van der Waals surface area contributed by atoms with Crippen molar-refractivity contribution >= 4 is 47.0 Å². The van der Waals surface area contributed by atoms with Crippen molar-refractivity contribution in [3.8, 4) is 0 Å². The molecule has 53 heavy (non-hydrogen) atoms. The number of fused-ring (bicyclic) bond motifs is 13. The van der Waals surface area contributed by atoms with E-state index >= 15 is 0 Å². The van der Waals surface area contributed by atoms with Crippen LogP contribution in [0, 0.1) is 59.2 Å². The van der Waals surface area contributed by atoms with Gasteiger partial charge in [0.2, 0.25) is 0 Å². The van der Waals surface area contributed by atoms with Crippen LogP contribution in [0.1, 0.15) is 173 Å². The molecule has 4 heterocycles. The highest BCUT2D eigenvalue weighted by Crippen LogP contribution is 2.66. The van der Waals surface area contributed by atoms with Crippen molar-refractivity contribution in [2.45, 2.75) is 233 Å². The Kier molecular flexibility index (Phi) is 10.3. The highest BCUT2D eigenvalue weighted by atomic mass is 32.2.